The molecular formula is C31H32N4O6. The number of amides is 2. The summed E-state index contributed by atoms with van der Waals surface area (Å²) in [6.07, 6.45) is 1.65. The molecule has 0 saturated carbocycles. The first-order chi connectivity index (χ1) is 19.9. The number of anilines is 1. The Morgan fingerprint density at radius 3 is 2.49 bits per heavy atom. The van der Waals surface area contributed by atoms with Crippen LogP contribution in [0, 0.1) is 10.1 Å². The summed E-state index contributed by atoms with van der Waals surface area (Å²) < 4.78 is 11.6. The number of ether oxygens (including phenoxy) is 1. The Balaban J connectivity index is 1.24. The van der Waals surface area contributed by atoms with Gasteiger partial charge in [0.15, 0.2) is 0 Å². The number of para-hydroxylation sites is 1. The molecule has 1 fully saturated rings. The summed E-state index contributed by atoms with van der Waals surface area (Å²) in [4.78, 5) is 39.6. The fraction of sp³-hybridized carbons (Fsp3) is 0.290. The lowest BCUT2D eigenvalue weighted by Gasteiger charge is -2.34. The summed E-state index contributed by atoms with van der Waals surface area (Å²) in [6, 6.07) is 20.9. The van der Waals surface area contributed by atoms with Crippen molar-refractivity contribution in [3.63, 3.8) is 0 Å². The van der Waals surface area contributed by atoms with Crippen LogP contribution in [0.2, 0.25) is 0 Å². The van der Waals surface area contributed by atoms with Crippen LogP contribution in [0.5, 0.6) is 0 Å². The number of nitro groups is 1. The molecule has 0 radical (unpaired) electrons. The zero-order valence-electron chi connectivity index (χ0n) is 22.9. The second-order valence-corrected chi connectivity index (χ2v) is 10.0. The average molecular weight is 557 g/mol. The summed E-state index contributed by atoms with van der Waals surface area (Å²) in [6.45, 7) is 6.10. The Labute approximate surface area is 237 Å². The van der Waals surface area contributed by atoms with Gasteiger partial charge in [0.25, 0.3) is 11.6 Å². The first-order valence-corrected chi connectivity index (χ1v) is 13.7. The Morgan fingerprint density at radius 2 is 1.76 bits per heavy atom. The first kappa shape index (κ1) is 27.9. The van der Waals surface area contributed by atoms with Crippen molar-refractivity contribution in [3.05, 3.63) is 94.0 Å². The van der Waals surface area contributed by atoms with Crippen molar-refractivity contribution in [2.75, 3.05) is 38.1 Å². The zero-order chi connectivity index (χ0) is 28.8. The van der Waals surface area contributed by atoms with E-state index in [4.69, 9.17) is 9.15 Å². The predicted octanol–water partition coefficient (Wildman–Crippen LogP) is 6.31. The molecule has 0 atom stereocenters. The fourth-order valence-electron chi connectivity index (χ4n) is 4.78. The predicted molar refractivity (Wildman–Crippen MR) is 156 cm³/mol. The van der Waals surface area contributed by atoms with Crippen molar-refractivity contribution in [1.82, 2.24) is 9.80 Å². The minimum atomic E-state index is -0.502. The highest BCUT2D eigenvalue weighted by Crippen LogP contribution is 2.33. The lowest BCUT2D eigenvalue weighted by atomic mass is 10.1. The van der Waals surface area contributed by atoms with Gasteiger partial charge in [0, 0.05) is 61.4 Å². The summed E-state index contributed by atoms with van der Waals surface area (Å²) in [5.41, 5.74) is 3.38. The lowest BCUT2D eigenvalue weighted by molar-refractivity contribution is -0.384. The van der Waals surface area contributed by atoms with Crippen molar-refractivity contribution < 1.29 is 23.7 Å². The Hall–Kier alpha value is -4.70. The fourth-order valence-corrected chi connectivity index (χ4v) is 4.78. The van der Waals surface area contributed by atoms with E-state index < -0.39 is 4.92 Å². The molecule has 10 heteroatoms. The summed E-state index contributed by atoms with van der Waals surface area (Å²) in [5, 5.41) is 14.8. The SMILES string of the molecule is CCCCOC(=O)N1CCN(Cc2ccc3cc(-c4ccccc4NC(=O)c4ccc([N+](=O)[O-])cc4)oc3c2)CC1. The third kappa shape index (κ3) is 6.72. The number of rotatable bonds is 9. The van der Waals surface area contributed by atoms with Crippen LogP contribution >= 0.6 is 0 Å². The molecule has 0 unspecified atom stereocenters. The topological polar surface area (TPSA) is 118 Å². The summed E-state index contributed by atoms with van der Waals surface area (Å²) in [5.74, 6) is 0.243. The van der Waals surface area contributed by atoms with Gasteiger partial charge in [-0.25, -0.2) is 4.79 Å². The molecule has 1 N–H and O–H groups in total. The Morgan fingerprint density at radius 1 is 1.00 bits per heavy atom. The molecule has 4 aromatic rings. The maximum Gasteiger partial charge on any atom is 0.409 e. The summed E-state index contributed by atoms with van der Waals surface area (Å²) in [7, 11) is 0. The van der Waals surface area contributed by atoms with Crippen LogP contribution < -0.4 is 5.32 Å². The summed E-state index contributed by atoms with van der Waals surface area (Å²) >= 11 is 0. The van der Waals surface area contributed by atoms with Crippen LogP contribution in [0.15, 0.2) is 77.2 Å². The van der Waals surface area contributed by atoms with Gasteiger partial charge in [-0.2, -0.15) is 0 Å². The van der Waals surface area contributed by atoms with E-state index >= 15 is 0 Å². The van der Waals surface area contributed by atoms with Gasteiger partial charge in [-0.15, -0.1) is 0 Å². The van der Waals surface area contributed by atoms with Crippen molar-refractivity contribution in [2.45, 2.75) is 26.3 Å². The number of carbonyl (C=O) groups excluding carboxylic acids is 2. The maximum absolute atomic E-state index is 12.9. The quantitative estimate of drug-likeness (QED) is 0.146. The Kier molecular flexibility index (Phi) is 8.59. The van der Waals surface area contributed by atoms with Gasteiger partial charge in [0.05, 0.1) is 17.2 Å². The third-order valence-corrected chi connectivity index (χ3v) is 7.13. The van der Waals surface area contributed by atoms with Crippen LogP contribution in [0.3, 0.4) is 0 Å². The van der Waals surface area contributed by atoms with Gasteiger partial charge in [-0.1, -0.05) is 37.6 Å². The second kappa shape index (κ2) is 12.6. The van der Waals surface area contributed by atoms with E-state index in [1.807, 2.05) is 36.4 Å². The minimum absolute atomic E-state index is 0.0756. The highest BCUT2D eigenvalue weighted by molar-refractivity contribution is 6.06. The van der Waals surface area contributed by atoms with E-state index in [9.17, 15) is 19.7 Å². The standard InChI is InChI=1S/C31H32N4O6/c1-2-3-18-40-31(37)34-16-14-33(15-17-34)21-22-8-9-24-20-29(41-28(24)19-22)26-6-4-5-7-27(26)32-30(36)23-10-12-25(13-11-23)35(38)39/h4-13,19-20H,2-3,14-18,21H2,1H3,(H,32,36). The van der Waals surface area contributed by atoms with Gasteiger partial charge in [0.1, 0.15) is 11.3 Å². The molecule has 5 rings (SSSR count). The molecule has 2 heterocycles. The van der Waals surface area contributed by atoms with E-state index in [0.717, 1.165) is 54.6 Å². The normalized spacial score (nSPS) is 13.7. The number of unbranched alkanes of at least 4 members (excludes halogenated alkanes) is 1. The number of furan rings is 1. The van der Waals surface area contributed by atoms with E-state index in [0.29, 0.717) is 36.7 Å². The molecule has 0 bridgehead atoms. The van der Waals surface area contributed by atoms with E-state index in [1.165, 1.54) is 24.3 Å². The molecule has 1 aromatic heterocycles. The van der Waals surface area contributed by atoms with E-state index in [-0.39, 0.29) is 17.7 Å². The van der Waals surface area contributed by atoms with Crippen molar-refractivity contribution in [3.8, 4) is 11.3 Å². The van der Waals surface area contributed by atoms with Crippen LogP contribution in [-0.2, 0) is 11.3 Å². The molecule has 212 valence electrons. The largest absolute Gasteiger partial charge is 0.456 e. The van der Waals surface area contributed by atoms with Gasteiger partial charge < -0.3 is 19.4 Å². The van der Waals surface area contributed by atoms with Crippen LogP contribution in [-0.4, -0.2) is 59.5 Å². The number of piperazine rings is 1. The van der Waals surface area contributed by atoms with E-state index in [2.05, 4.69) is 23.2 Å². The first-order valence-electron chi connectivity index (χ1n) is 13.7. The maximum atomic E-state index is 12.9. The minimum Gasteiger partial charge on any atom is -0.456 e. The molecule has 0 aliphatic carbocycles. The number of non-ortho nitro benzene ring substituents is 1. The number of nitro benzene ring substituents is 1. The van der Waals surface area contributed by atoms with Gasteiger partial charge in [-0.3, -0.25) is 19.8 Å². The van der Waals surface area contributed by atoms with Gasteiger partial charge in [0.2, 0.25) is 0 Å². The number of benzene rings is 3. The molecule has 10 nitrogen and oxygen atoms in total. The molecule has 1 aliphatic heterocycles. The number of hydrogen-bond acceptors (Lipinski definition) is 7. The lowest BCUT2D eigenvalue weighted by Crippen LogP contribution is -2.48. The van der Waals surface area contributed by atoms with Crippen molar-refractivity contribution >= 4 is 34.3 Å². The van der Waals surface area contributed by atoms with Crippen LogP contribution in [0.25, 0.3) is 22.3 Å². The van der Waals surface area contributed by atoms with Crippen LogP contribution in [0.1, 0.15) is 35.7 Å². The molecule has 3 aromatic carbocycles. The molecule has 0 spiro atoms. The number of hydrogen-bond donors (Lipinski definition) is 1. The monoisotopic (exact) mass is 556 g/mol. The molecular weight excluding hydrogens is 524 g/mol. The second-order valence-electron chi connectivity index (χ2n) is 10.0. The molecule has 1 aliphatic rings. The van der Waals surface area contributed by atoms with E-state index in [1.54, 1.807) is 11.0 Å². The molecule has 2 amide bonds. The highest BCUT2D eigenvalue weighted by atomic mass is 16.6. The number of nitrogens with zero attached hydrogens (tertiary/aromatic N) is 3. The van der Waals surface area contributed by atoms with Crippen molar-refractivity contribution in [1.29, 1.82) is 0 Å². The highest BCUT2D eigenvalue weighted by Gasteiger charge is 2.22. The number of nitrogens with one attached hydrogen (secondary N) is 1. The Bertz CT molecular complexity index is 1540. The smallest absolute Gasteiger partial charge is 0.409 e. The van der Waals surface area contributed by atoms with Gasteiger partial charge in [-0.05, 0) is 48.4 Å². The third-order valence-electron chi connectivity index (χ3n) is 7.13. The number of fused-ring (bicyclic) bond motifs is 1. The molecule has 1 saturated heterocycles. The average Bonchev–Trinajstić information content (AvgIpc) is 3.41. The van der Waals surface area contributed by atoms with Crippen LogP contribution in [0.4, 0.5) is 16.2 Å². The molecule has 41 heavy (non-hydrogen) atoms. The number of carbonyl (C=O) groups is 2. The van der Waals surface area contributed by atoms with Crippen molar-refractivity contribution in [2.24, 2.45) is 0 Å². The van der Waals surface area contributed by atoms with Gasteiger partial charge >= 0.3 is 6.09 Å². The zero-order valence-corrected chi connectivity index (χ0v) is 22.9.